The molecular weight excluding hydrogens is 444 g/mol. The van der Waals surface area contributed by atoms with Crippen molar-refractivity contribution < 1.29 is 14.3 Å². The van der Waals surface area contributed by atoms with E-state index in [4.69, 9.17) is 9.47 Å². The van der Waals surface area contributed by atoms with Crippen LogP contribution in [0.1, 0.15) is 16.1 Å². The lowest BCUT2D eigenvalue weighted by molar-refractivity contribution is 0.0343. The van der Waals surface area contributed by atoms with Crippen molar-refractivity contribution in [1.29, 1.82) is 0 Å². The summed E-state index contributed by atoms with van der Waals surface area (Å²) in [5.74, 6) is 1.40. The molecule has 1 fully saturated rings. The first kappa shape index (κ1) is 22.7. The number of morpholine rings is 1. The molecule has 178 valence electrons. The van der Waals surface area contributed by atoms with Crippen LogP contribution in [-0.2, 0) is 11.3 Å². The molecule has 1 aliphatic heterocycles. The third-order valence-electron chi connectivity index (χ3n) is 5.74. The molecule has 5 rings (SSSR count). The summed E-state index contributed by atoms with van der Waals surface area (Å²) in [7, 11) is 1.56. The number of hydrogen-bond donors (Lipinski definition) is 2. The second kappa shape index (κ2) is 10.5. The summed E-state index contributed by atoms with van der Waals surface area (Å²) in [4.78, 5) is 27.5. The summed E-state index contributed by atoms with van der Waals surface area (Å²) in [6.45, 7) is 4.24. The highest BCUT2D eigenvalue weighted by molar-refractivity contribution is 5.92. The Balaban J connectivity index is 1.31. The minimum atomic E-state index is -0.270. The van der Waals surface area contributed by atoms with Crippen LogP contribution in [0.2, 0.25) is 0 Å². The predicted octanol–water partition coefficient (Wildman–Crippen LogP) is 3.75. The van der Waals surface area contributed by atoms with E-state index in [-0.39, 0.29) is 5.91 Å². The average molecular weight is 471 g/mol. The fourth-order valence-corrected chi connectivity index (χ4v) is 3.90. The van der Waals surface area contributed by atoms with E-state index in [9.17, 15) is 4.79 Å². The number of ether oxygens (including phenoxy) is 2. The third kappa shape index (κ3) is 5.53. The highest BCUT2D eigenvalue weighted by Gasteiger charge is 2.13. The number of nitrogens with one attached hydrogen (secondary N) is 2. The zero-order chi connectivity index (χ0) is 24.0. The Morgan fingerprint density at radius 2 is 1.89 bits per heavy atom. The molecule has 1 amide bonds. The van der Waals surface area contributed by atoms with Gasteiger partial charge in [0.05, 0.1) is 18.7 Å². The SMILES string of the molecule is CNC(=O)c1cc(Oc2ccc3nc(Nc4ccccc4CN4CCOCC4)ncc3c2)ccn1. The minimum absolute atomic E-state index is 0.270. The van der Waals surface area contributed by atoms with Crippen LogP contribution in [0.25, 0.3) is 10.9 Å². The second-order valence-electron chi connectivity index (χ2n) is 8.14. The molecule has 1 saturated heterocycles. The van der Waals surface area contributed by atoms with Gasteiger partial charge in [0.25, 0.3) is 5.91 Å². The summed E-state index contributed by atoms with van der Waals surface area (Å²) in [5, 5.41) is 6.77. The fraction of sp³-hybridized carbons (Fsp3) is 0.231. The first-order valence-electron chi connectivity index (χ1n) is 11.5. The quantitative estimate of drug-likeness (QED) is 0.421. The number of anilines is 2. The van der Waals surface area contributed by atoms with Gasteiger partial charge in [-0.15, -0.1) is 0 Å². The van der Waals surface area contributed by atoms with E-state index in [1.807, 2.05) is 36.4 Å². The standard InChI is InChI=1S/C26H26N6O3/c1-27-25(33)24-15-21(8-9-28-24)35-20-6-7-23-19(14-20)16-29-26(31-23)30-22-5-3-2-4-18(22)17-32-10-12-34-13-11-32/h2-9,14-16H,10-13,17H2,1H3,(H,27,33)(H,29,30,31). The highest BCUT2D eigenvalue weighted by Crippen LogP contribution is 2.27. The summed E-state index contributed by atoms with van der Waals surface area (Å²) < 4.78 is 11.4. The number of hydrogen-bond acceptors (Lipinski definition) is 8. The lowest BCUT2D eigenvalue weighted by atomic mass is 10.1. The van der Waals surface area contributed by atoms with Crippen LogP contribution >= 0.6 is 0 Å². The van der Waals surface area contributed by atoms with Gasteiger partial charge in [-0.25, -0.2) is 9.97 Å². The monoisotopic (exact) mass is 470 g/mol. The van der Waals surface area contributed by atoms with Crippen LogP contribution in [0.5, 0.6) is 11.5 Å². The van der Waals surface area contributed by atoms with Crippen LogP contribution in [0.4, 0.5) is 11.6 Å². The number of aromatic nitrogens is 3. The molecule has 35 heavy (non-hydrogen) atoms. The van der Waals surface area contributed by atoms with Crippen molar-refractivity contribution in [3.63, 3.8) is 0 Å². The maximum absolute atomic E-state index is 11.8. The van der Waals surface area contributed by atoms with Crippen molar-refractivity contribution in [3.05, 3.63) is 78.2 Å². The second-order valence-corrected chi connectivity index (χ2v) is 8.14. The van der Waals surface area contributed by atoms with Crippen LogP contribution in [0.3, 0.4) is 0 Å². The predicted molar refractivity (Wildman–Crippen MR) is 133 cm³/mol. The maximum atomic E-state index is 11.8. The first-order chi connectivity index (χ1) is 17.2. The molecule has 0 spiro atoms. The number of carbonyl (C=O) groups excluding carboxylic acids is 1. The zero-order valence-corrected chi connectivity index (χ0v) is 19.4. The van der Waals surface area contributed by atoms with Crippen LogP contribution in [0, 0.1) is 0 Å². The number of amides is 1. The topological polar surface area (TPSA) is 102 Å². The number of fused-ring (bicyclic) bond motifs is 1. The van der Waals surface area contributed by atoms with Gasteiger partial charge in [0.15, 0.2) is 0 Å². The van der Waals surface area contributed by atoms with E-state index in [0.29, 0.717) is 23.1 Å². The molecule has 9 heteroatoms. The number of rotatable bonds is 7. The first-order valence-corrected chi connectivity index (χ1v) is 11.5. The molecular formula is C26H26N6O3. The smallest absolute Gasteiger partial charge is 0.269 e. The lowest BCUT2D eigenvalue weighted by Gasteiger charge is -2.27. The molecule has 2 aromatic heterocycles. The van der Waals surface area contributed by atoms with Gasteiger partial charge in [-0.1, -0.05) is 18.2 Å². The van der Waals surface area contributed by atoms with Gasteiger partial charge < -0.3 is 20.1 Å². The van der Waals surface area contributed by atoms with Crippen LogP contribution < -0.4 is 15.4 Å². The van der Waals surface area contributed by atoms with E-state index in [0.717, 1.165) is 49.4 Å². The van der Waals surface area contributed by atoms with Gasteiger partial charge in [0, 0.05) is 56.2 Å². The lowest BCUT2D eigenvalue weighted by Crippen LogP contribution is -2.35. The van der Waals surface area contributed by atoms with E-state index < -0.39 is 0 Å². The molecule has 0 unspecified atom stereocenters. The average Bonchev–Trinajstić information content (AvgIpc) is 2.90. The van der Waals surface area contributed by atoms with E-state index >= 15 is 0 Å². The van der Waals surface area contributed by atoms with Gasteiger partial charge in [-0.05, 0) is 35.9 Å². The molecule has 9 nitrogen and oxygen atoms in total. The van der Waals surface area contributed by atoms with Crippen molar-refractivity contribution in [2.45, 2.75) is 6.54 Å². The Hall–Kier alpha value is -4.08. The molecule has 0 aliphatic carbocycles. The molecule has 0 saturated carbocycles. The Bertz CT molecular complexity index is 1340. The van der Waals surface area contributed by atoms with Gasteiger partial charge in [-0.2, -0.15) is 0 Å². The fourth-order valence-electron chi connectivity index (χ4n) is 3.90. The Kier molecular flexibility index (Phi) is 6.78. The molecule has 1 aliphatic rings. The van der Waals surface area contributed by atoms with Crippen molar-refractivity contribution in [2.75, 3.05) is 38.7 Å². The van der Waals surface area contributed by atoms with Crippen molar-refractivity contribution in [2.24, 2.45) is 0 Å². The molecule has 0 bridgehead atoms. The Morgan fingerprint density at radius 1 is 1.06 bits per heavy atom. The summed E-state index contributed by atoms with van der Waals surface area (Å²) in [5.41, 5.74) is 3.26. The van der Waals surface area contributed by atoms with Crippen molar-refractivity contribution in [1.82, 2.24) is 25.2 Å². The number of benzene rings is 2. The molecule has 4 aromatic rings. The molecule has 0 radical (unpaired) electrons. The summed E-state index contributed by atoms with van der Waals surface area (Å²) in [6.07, 6.45) is 3.31. The van der Waals surface area contributed by atoms with Gasteiger partial charge >= 0.3 is 0 Å². The van der Waals surface area contributed by atoms with E-state index in [2.05, 4.69) is 36.6 Å². The van der Waals surface area contributed by atoms with Crippen LogP contribution in [0.15, 0.2) is 67.0 Å². The van der Waals surface area contributed by atoms with Crippen molar-refractivity contribution >= 4 is 28.4 Å². The zero-order valence-electron chi connectivity index (χ0n) is 19.4. The largest absolute Gasteiger partial charge is 0.457 e. The number of pyridine rings is 1. The van der Waals surface area contributed by atoms with Crippen molar-refractivity contribution in [3.8, 4) is 11.5 Å². The minimum Gasteiger partial charge on any atom is -0.457 e. The third-order valence-corrected chi connectivity index (χ3v) is 5.74. The maximum Gasteiger partial charge on any atom is 0.269 e. The molecule has 2 aromatic carbocycles. The number of para-hydroxylation sites is 1. The molecule has 0 atom stereocenters. The van der Waals surface area contributed by atoms with E-state index in [1.165, 1.54) is 5.56 Å². The van der Waals surface area contributed by atoms with Gasteiger partial charge in [0.2, 0.25) is 5.95 Å². The number of nitrogens with zero attached hydrogens (tertiary/aromatic N) is 4. The molecule has 3 heterocycles. The summed E-state index contributed by atoms with van der Waals surface area (Å²) in [6, 6.07) is 17.1. The van der Waals surface area contributed by atoms with E-state index in [1.54, 1.807) is 31.6 Å². The molecule has 2 N–H and O–H groups in total. The number of carbonyl (C=O) groups is 1. The Labute approximate surface area is 203 Å². The highest BCUT2D eigenvalue weighted by atomic mass is 16.5. The normalized spacial score (nSPS) is 14.0. The summed E-state index contributed by atoms with van der Waals surface area (Å²) >= 11 is 0. The van der Waals surface area contributed by atoms with Crippen LogP contribution in [-0.4, -0.2) is 59.1 Å². The van der Waals surface area contributed by atoms with Gasteiger partial charge in [0.1, 0.15) is 17.2 Å². The Morgan fingerprint density at radius 3 is 2.74 bits per heavy atom. The van der Waals surface area contributed by atoms with Gasteiger partial charge in [-0.3, -0.25) is 14.7 Å².